The third-order valence-electron chi connectivity index (χ3n) is 4.67. The van der Waals surface area contributed by atoms with Crippen LogP contribution in [0.1, 0.15) is 9.75 Å². The van der Waals surface area contributed by atoms with Crippen LogP contribution >= 0.6 is 11.3 Å². The number of piperazine rings is 2. The quantitative estimate of drug-likeness (QED) is 0.830. The minimum atomic E-state index is 1.14. The molecule has 0 aromatic carbocycles. The zero-order chi connectivity index (χ0) is 14.7. The van der Waals surface area contributed by atoms with Crippen molar-refractivity contribution in [2.45, 2.75) is 13.1 Å². The van der Waals surface area contributed by atoms with Crippen molar-refractivity contribution in [1.82, 2.24) is 19.6 Å². The van der Waals surface area contributed by atoms with E-state index in [2.05, 4.69) is 45.8 Å². The summed E-state index contributed by atoms with van der Waals surface area (Å²) in [4.78, 5) is 13.1. The first kappa shape index (κ1) is 15.4. The first-order chi connectivity index (χ1) is 10.2. The average Bonchev–Trinajstić information content (AvgIpc) is 2.91. The summed E-state index contributed by atoms with van der Waals surface area (Å²) in [7, 11) is 4.44. The Bertz CT molecular complexity index is 393. The number of rotatable bonds is 4. The molecule has 1 aromatic heterocycles. The molecular weight excluding hydrogens is 280 g/mol. The molecule has 3 heterocycles. The monoisotopic (exact) mass is 308 g/mol. The fourth-order valence-corrected chi connectivity index (χ4v) is 4.15. The summed E-state index contributed by atoms with van der Waals surface area (Å²) in [6.07, 6.45) is 0. The van der Waals surface area contributed by atoms with Gasteiger partial charge in [-0.1, -0.05) is 0 Å². The molecule has 0 amide bonds. The first-order valence-electron chi connectivity index (χ1n) is 8.08. The van der Waals surface area contributed by atoms with Gasteiger partial charge in [0.25, 0.3) is 0 Å². The summed E-state index contributed by atoms with van der Waals surface area (Å²) in [5.74, 6) is 0. The average molecular weight is 308 g/mol. The Kier molecular flexibility index (Phi) is 5.29. The van der Waals surface area contributed by atoms with Gasteiger partial charge in [0, 0.05) is 75.2 Å². The Morgan fingerprint density at radius 2 is 1.10 bits per heavy atom. The van der Waals surface area contributed by atoms with Gasteiger partial charge in [-0.3, -0.25) is 9.80 Å². The van der Waals surface area contributed by atoms with E-state index in [1.165, 1.54) is 62.1 Å². The molecule has 0 bridgehead atoms. The number of hydrogen-bond acceptors (Lipinski definition) is 5. The molecule has 1 aromatic rings. The summed E-state index contributed by atoms with van der Waals surface area (Å²) in [5.41, 5.74) is 0. The largest absolute Gasteiger partial charge is 0.304 e. The highest BCUT2D eigenvalue weighted by Gasteiger charge is 2.17. The zero-order valence-electron chi connectivity index (χ0n) is 13.4. The predicted molar refractivity (Wildman–Crippen MR) is 89.9 cm³/mol. The van der Waals surface area contributed by atoms with E-state index >= 15 is 0 Å². The maximum absolute atomic E-state index is 2.59. The molecule has 2 aliphatic rings. The second-order valence-electron chi connectivity index (χ2n) is 6.53. The Labute approximate surface area is 132 Å². The van der Waals surface area contributed by atoms with Crippen molar-refractivity contribution in [1.29, 1.82) is 0 Å². The van der Waals surface area contributed by atoms with Gasteiger partial charge in [-0.05, 0) is 26.2 Å². The summed E-state index contributed by atoms with van der Waals surface area (Å²) in [5, 5.41) is 0. The minimum absolute atomic E-state index is 1.14. The molecule has 0 saturated carbocycles. The number of hydrogen-bond donors (Lipinski definition) is 0. The standard InChI is InChI=1S/C16H28N4S/c1-17-5-9-19(10-6-17)13-15-3-4-16(21-15)14-20-11-7-18(2)8-12-20/h3-4H,5-14H2,1-2H3. The maximum Gasteiger partial charge on any atom is 0.0329 e. The molecule has 3 rings (SSSR count). The van der Waals surface area contributed by atoms with Crippen molar-refractivity contribution < 1.29 is 0 Å². The van der Waals surface area contributed by atoms with Crippen molar-refractivity contribution in [3.8, 4) is 0 Å². The summed E-state index contributed by atoms with van der Waals surface area (Å²) >= 11 is 2.01. The van der Waals surface area contributed by atoms with Gasteiger partial charge in [-0.2, -0.15) is 0 Å². The third-order valence-corrected chi connectivity index (χ3v) is 5.72. The van der Waals surface area contributed by atoms with E-state index in [-0.39, 0.29) is 0 Å². The lowest BCUT2D eigenvalue weighted by Gasteiger charge is -2.32. The van der Waals surface area contributed by atoms with Gasteiger partial charge in [-0.15, -0.1) is 11.3 Å². The van der Waals surface area contributed by atoms with Crippen LogP contribution in [0.2, 0.25) is 0 Å². The molecule has 21 heavy (non-hydrogen) atoms. The highest BCUT2D eigenvalue weighted by atomic mass is 32.1. The molecule has 0 N–H and O–H groups in total. The fraction of sp³-hybridized carbons (Fsp3) is 0.750. The Hall–Kier alpha value is -0.460. The zero-order valence-corrected chi connectivity index (χ0v) is 14.2. The molecule has 0 aliphatic carbocycles. The number of nitrogens with zero attached hydrogens (tertiary/aromatic N) is 4. The number of likely N-dealkylation sites (N-methyl/N-ethyl adjacent to an activating group) is 2. The van der Waals surface area contributed by atoms with Crippen LogP contribution in [0.25, 0.3) is 0 Å². The van der Waals surface area contributed by atoms with Crippen LogP contribution in [0.5, 0.6) is 0 Å². The highest BCUT2D eigenvalue weighted by Crippen LogP contribution is 2.21. The molecular formula is C16H28N4S. The second kappa shape index (κ2) is 7.20. The van der Waals surface area contributed by atoms with Gasteiger partial charge < -0.3 is 9.80 Å². The van der Waals surface area contributed by atoms with E-state index in [9.17, 15) is 0 Å². The minimum Gasteiger partial charge on any atom is -0.304 e. The molecule has 0 radical (unpaired) electrons. The molecule has 0 atom stereocenters. The van der Waals surface area contributed by atoms with Crippen molar-refractivity contribution in [3.63, 3.8) is 0 Å². The Morgan fingerprint density at radius 1 is 0.714 bits per heavy atom. The molecule has 0 unspecified atom stereocenters. The van der Waals surface area contributed by atoms with Gasteiger partial charge >= 0.3 is 0 Å². The third kappa shape index (κ3) is 4.50. The van der Waals surface area contributed by atoms with Crippen LogP contribution < -0.4 is 0 Å². The smallest absolute Gasteiger partial charge is 0.0329 e. The van der Waals surface area contributed by atoms with Gasteiger partial charge in [0.1, 0.15) is 0 Å². The molecule has 5 heteroatoms. The Balaban J connectivity index is 1.47. The van der Waals surface area contributed by atoms with Gasteiger partial charge in [-0.25, -0.2) is 0 Å². The van der Waals surface area contributed by atoms with Crippen molar-refractivity contribution in [2.75, 3.05) is 66.5 Å². The van der Waals surface area contributed by atoms with Gasteiger partial charge in [0.05, 0.1) is 0 Å². The molecule has 2 aliphatic heterocycles. The van der Waals surface area contributed by atoms with Crippen LogP contribution in [-0.4, -0.2) is 86.1 Å². The maximum atomic E-state index is 2.59. The highest BCUT2D eigenvalue weighted by molar-refractivity contribution is 7.11. The van der Waals surface area contributed by atoms with Crippen LogP contribution in [0.3, 0.4) is 0 Å². The topological polar surface area (TPSA) is 13.0 Å². The summed E-state index contributed by atoms with van der Waals surface area (Å²) in [6.45, 7) is 12.0. The predicted octanol–water partition coefficient (Wildman–Crippen LogP) is 1.24. The van der Waals surface area contributed by atoms with E-state index in [1.807, 2.05) is 11.3 Å². The van der Waals surface area contributed by atoms with Crippen LogP contribution in [0.15, 0.2) is 12.1 Å². The van der Waals surface area contributed by atoms with Crippen molar-refractivity contribution in [2.24, 2.45) is 0 Å². The lowest BCUT2D eigenvalue weighted by Crippen LogP contribution is -2.43. The summed E-state index contributed by atoms with van der Waals surface area (Å²) < 4.78 is 0. The molecule has 0 spiro atoms. The van der Waals surface area contributed by atoms with Gasteiger partial charge in [0.2, 0.25) is 0 Å². The van der Waals surface area contributed by atoms with Crippen LogP contribution in [-0.2, 0) is 13.1 Å². The van der Waals surface area contributed by atoms with E-state index < -0.39 is 0 Å². The van der Waals surface area contributed by atoms with Gasteiger partial charge in [0.15, 0.2) is 0 Å². The lowest BCUT2D eigenvalue weighted by molar-refractivity contribution is 0.149. The number of thiophene rings is 1. The van der Waals surface area contributed by atoms with E-state index in [1.54, 1.807) is 0 Å². The normalized spacial score (nSPS) is 23.7. The lowest BCUT2D eigenvalue weighted by atomic mass is 10.3. The molecule has 2 fully saturated rings. The molecule has 118 valence electrons. The fourth-order valence-electron chi connectivity index (χ4n) is 3.05. The van der Waals surface area contributed by atoms with E-state index in [0.29, 0.717) is 0 Å². The molecule has 4 nitrogen and oxygen atoms in total. The first-order valence-corrected chi connectivity index (χ1v) is 8.90. The van der Waals surface area contributed by atoms with Crippen LogP contribution in [0.4, 0.5) is 0 Å². The summed E-state index contributed by atoms with van der Waals surface area (Å²) in [6, 6.07) is 4.68. The van der Waals surface area contributed by atoms with Crippen LogP contribution in [0, 0.1) is 0 Å². The van der Waals surface area contributed by atoms with E-state index in [4.69, 9.17) is 0 Å². The van der Waals surface area contributed by atoms with Crippen molar-refractivity contribution >= 4 is 11.3 Å². The Morgan fingerprint density at radius 3 is 1.48 bits per heavy atom. The second-order valence-corrected chi connectivity index (χ2v) is 7.78. The SMILES string of the molecule is CN1CCN(Cc2ccc(CN3CCN(C)CC3)s2)CC1. The molecule has 2 saturated heterocycles. The van der Waals surface area contributed by atoms with Crippen molar-refractivity contribution in [3.05, 3.63) is 21.9 Å². The van der Waals surface area contributed by atoms with E-state index in [0.717, 1.165) is 13.1 Å².